The lowest BCUT2D eigenvalue weighted by Crippen LogP contribution is -2.34. The zero-order valence-corrected chi connectivity index (χ0v) is 11.8. The number of rotatable bonds is 3. The molecule has 2 N–H and O–H groups in total. The van der Waals surface area contributed by atoms with Gasteiger partial charge in [-0.3, -0.25) is 4.98 Å². The summed E-state index contributed by atoms with van der Waals surface area (Å²) < 4.78 is 0. The summed E-state index contributed by atoms with van der Waals surface area (Å²) >= 11 is 0. The fourth-order valence-electron chi connectivity index (χ4n) is 2.84. The van der Waals surface area contributed by atoms with E-state index in [2.05, 4.69) is 41.9 Å². The van der Waals surface area contributed by atoms with Crippen molar-refractivity contribution in [3.05, 3.63) is 23.5 Å². The normalized spacial score (nSPS) is 24.0. The van der Waals surface area contributed by atoms with Crippen LogP contribution in [0, 0.1) is 12.8 Å². The molecule has 0 bridgehead atoms. The maximum atomic E-state index is 5.82. The number of pyridine rings is 1. The van der Waals surface area contributed by atoms with E-state index < -0.39 is 0 Å². The predicted octanol–water partition coefficient (Wildman–Crippen LogP) is 1.24. The van der Waals surface area contributed by atoms with E-state index >= 15 is 0 Å². The van der Waals surface area contributed by atoms with Crippen LogP contribution in [0.5, 0.6) is 0 Å². The Morgan fingerprint density at radius 2 is 2.17 bits per heavy atom. The largest absolute Gasteiger partial charge is 0.369 e. The molecule has 1 aromatic rings. The molecule has 2 unspecified atom stereocenters. The van der Waals surface area contributed by atoms with E-state index in [0.29, 0.717) is 18.5 Å². The number of nitrogens with two attached hydrogens (primary N) is 1. The maximum Gasteiger partial charge on any atom is 0.0446 e. The minimum atomic E-state index is 0.556. The summed E-state index contributed by atoms with van der Waals surface area (Å²) in [4.78, 5) is 9.11. The fraction of sp³-hybridized carbons (Fsp3) is 0.643. The summed E-state index contributed by atoms with van der Waals surface area (Å²) in [7, 11) is 4.32. The molecule has 2 atom stereocenters. The van der Waals surface area contributed by atoms with Crippen LogP contribution in [0.1, 0.15) is 18.2 Å². The molecule has 0 aromatic carbocycles. The van der Waals surface area contributed by atoms with Crippen LogP contribution in [0.3, 0.4) is 0 Å². The molecule has 1 aromatic heterocycles. The molecule has 1 saturated heterocycles. The number of aryl methyl sites for hydroxylation is 1. The van der Waals surface area contributed by atoms with E-state index in [4.69, 9.17) is 5.73 Å². The van der Waals surface area contributed by atoms with E-state index in [1.807, 2.05) is 13.1 Å². The van der Waals surface area contributed by atoms with Gasteiger partial charge in [-0.1, -0.05) is 6.92 Å². The van der Waals surface area contributed by atoms with Gasteiger partial charge in [-0.2, -0.15) is 0 Å². The second-order valence-electron chi connectivity index (χ2n) is 5.57. The van der Waals surface area contributed by atoms with Gasteiger partial charge in [0.05, 0.1) is 0 Å². The first-order valence-electron chi connectivity index (χ1n) is 6.60. The van der Waals surface area contributed by atoms with Gasteiger partial charge in [0.15, 0.2) is 0 Å². The molecule has 1 fully saturated rings. The zero-order chi connectivity index (χ0) is 13.3. The molecule has 18 heavy (non-hydrogen) atoms. The van der Waals surface area contributed by atoms with Crippen LogP contribution in [-0.2, 0) is 6.54 Å². The van der Waals surface area contributed by atoms with Crippen molar-refractivity contribution in [1.29, 1.82) is 0 Å². The summed E-state index contributed by atoms with van der Waals surface area (Å²) in [5.41, 5.74) is 9.29. The van der Waals surface area contributed by atoms with Crippen LogP contribution in [0.4, 0.5) is 5.69 Å². The minimum absolute atomic E-state index is 0.556. The van der Waals surface area contributed by atoms with Crippen molar-refractivity contribution in [2.45, 2.75) is 26.4 Å². The van der Waals surface area contributed by atoms with Gasteiger partial charge in [-0.15, -0.1) is 0 Å². The van der Waals surface area contributed by atoms with Gasteiger partial charge >= 0.3 is 0 Å². The molecule has 4 nitrogen and oxygen atoms in total. The molecule has 1 aliphatic rings. The van der Waals surface area contributed by atoms with Crippen LogP contribution in [0.15, 0.2) is 12.3 Å². The van der Waals surface area contributed by atoms with Gasteiger partial charge in [0.25, 0.3) is 0 Å². The van der Waals surface area contributed by atoms with Crippen LogP contribution >= 0.6 is 0 Å². The summed E-state index contributed by atoms with van der Waals surface area (Å²) in [5, 5.41) is 0. The first-order chi connectivity index (χ1) is 8.52. The molecule has 0 amide bonds. The average Bonchev–Trinajstić information content (AvgIpc) is 2.71. The third-order valence-corrected chi connectivity index (χ3v) is 3.90. The van der Waals surface area contributed by atoms with Crippen molar-refractivity contribution in [3.63, 3.8) is 0 Å². The Labute approximate surface area is 110 Å². The Hall–Kier alpha value is -1.13. The van der Waals surface area contributed by atoms with Gasteiger partial charge in [0.1, 0.15) is 0 Å². The van der Waals surface area contributed by atoms with Crippen LogP contribution in [0.25, 0.3) is 0 Å². The van der Waals surface area contributed by atoms with E-state index in [0.717, 1.165) is 24.3 Å². The van der Waals surface area contributed by atoms with Gasteiger partial charge in [0, 0.05) is 48.8 Å². The van der Waals surface area contributed by atoms with E-state index in [1.54, 1.807) is 0 Å². The van der Waals surface area contributed by atoms with Crippen LogP contribution in [-0.4, -0.2) is 43.1 Å². The van der Waals surface area contributed by atoms with Gasteiger partial charge in [-0.05, 0) is 33.0 Å². The van der Waals surface area contributed by atoms with E-state index in [-0.39, 0.29) is 0 Å². The first-order valence-corrected chi connectivity index (χ1v) is 6.60. The Kier molecular flexibility index (Phi) is 3.88. The predicted molar refractivity (Wildman–Crippen MR) is 75.7 cm³/mol. The van der Waals surface area contributed by atoms with Crippen molar-refractivity contribution in [2.75, 3.05) is 32.1 Å². The van der Waals surface area contributed by atoms with Gasteiger partial charge < -0.3 is 15.5 Å². The summed E-state index contributed by atoms with van der Waals surface area (Å²) in [6.45, 7) is 7.08. The van der Waals surface area contributed by atoms with Gasteiger partial charge in [-0.25, -0.2) is 0 Å². The Morgan fingerprint density at radius 1 is 1.44 bits per heavy atom. The molecule has 100 valence electrons. The lowest BCUT2D eigenvalue weighted by atomic mass is 10.1. The first kappa shape index (κ1) is 13.3. The van der Waals surface area contributed by atoms with Crippen LogP contribution < -0.4 is 10.6 Å². The van der Waals surface area contributed by atoms with E-state index in [1.165, 1.54) is 5.69 Å². The monoisotopic (exact) mass is 248 g/mol. The molecule has 0 aliphatic carbocycles. The highest BCUT2D eigenvalue weighted by molar-refractivity contribution is 5.54. The standard InChI is InChI=1S/C14H24N4/c1-10-8-18(9-14(10)17(3)4)13-5-11(2)16-7-12(13)6-15/h5,7,10,14H,6,8-9,15H2,1-4H3. The zero-order valence-electron chi connectivity index (χ0n) is 11.8. The minimum Gasteiger partial charge on any atom is -0.369 e. The van der Waals surface area contributed by atoms with Crippen molar-refractivity contribution in [1.82, 2.24) is 9.88 Å². The molecule has 1 aliphatic heterocycles. The molecule has 2 heterocycles. The number of nitrogens with zero attached hydrogens (tertiary/aromatic N) is 3. The number of likely N-dealkylation sites (N-methyl/N-ethyl adjacent to an activating group) is 1. The second-order valence-corrected chi connectivity index (χ2v) is 5.57. The maximum absolute atomic E-state index is 5.82. The Morgan fingerprint density at radius 3 is 2.72 bits per heavy atom. The molecule has 0 radical (unpaired) electrons. The number of aromatic nitrogens is 1. The van der Waals surface area contributed by atoms with Crippen molar-refractivity contribution in [3.8, 4) is 0 Å². The van der Waals surface area contributed by atoms with Crippen molar-refractivity contribution in [2.24, 2.45) is 11.7 Å². The highest BCUT2D eigenvalue weighted by atomic mass is 15.2. The Bertz CT molecular complexity index is 416. The Balaban J connectivity index is 2.25. The van der Waals surface area contributed by atoms with E-state index in [9.17, 15) is 0 Å². The van der Waals surface area contributed by atoms with Crippen molar-refractivity contribution < 1.29 is 0 Å². The fourth-order valence-corrected chi connectivity index (χ4v) is 2.84. The molecule has 4 heteroatoms. The third kappa shape index (κ3) is 2.49. The van der Waals surface area contributed by atoms with Gasteiger partial charge in [0.2, 0.25) is 0 Å². The van der Waals surface area contributed by atoms with Crippen LogP contribution in [0.2, 0.25) is 0 Å². The quantitative estimate of drug-likeness (QED) is 0.874. The summed E-state index contributed by atoms with van der Waals surface area (Å²) in [6.07, 6.45) is 1.92. The highest BCUT2D eigenvalue weighted by Gasteiger charge is 2.31. The number of anilines is 1. The molecular weight excluding hydrogens is 224 g/mol. The smallest absolute Gasteiger partial charge is 0.0446 e. The van der Waals surface area contributed by atoms with Crippen molar-refractivity contribution >= 4 is 5.69 Å². The lowest BCUT2D eigenvalue weighted by molar-refractivity contribution is 0.266. The molecule has 0 spiro atoms. The molecular formula is C14H24N4. The molecule has 2 rings (SSSR count). The number of hydrogen-bond acceptors (Lipinski definition) is 4. The summed E-state index contributed by atoms with van der Waals surface area (Å²) in [5.74, 6) is 0.680. The third-order valence-electron chi connectivity index (χ3n) is 3.90. The highest BCUT2D eigenvalue weighted by Crippen LogP contribution is 2.28. The number of hydrogen-bond donors (Lipinski definition) is 1. The SMILES string of the molecule is Cc1cc(N2CC(C)C(N(C)C)C2)c(CN)cn1. The topological polar surface area (TPSA) is 45.4 Å². The average molecular weight is 248 g/mol. The second kappa shape index (κ2) is 5.24. The summed E-state index contributed by atoms with van der Waals surface area (Å²) in [6, 6.07) is 2.77. The lowest BCUT2D eigenvalue weighted by Gasteiger charge is -2.24. The molecule has 0 saturated carbocycles.